The van der Waals surface area contributed by atoms with Crippen molar-refractivity contribution < 1.29 is 14.6 Å². The lowest BCUT2D eigenvalue weighted by molar-refractivity contribution is -0.124. The zero-order valence-electron chi connectivity index (χ0n) is 11.0. The Kier molecular flexibility index (Phi) is 4.22. The lowest BCUT2D eigenvalue weighted by atomic mass is 10.1. The SMILES string of the molecule is COc1cc(NC(=O)C(O)c2ccccc2)ccc1N. The predicted molar refractivity (Wildman–Crippen MR) is 77.4 cm³/mol. The molecule has 0 aliphatic rings. The van der Waals surface area contributed by atoms with Gasteiger partial charge in [-0.1, -0.05) is 30.3 Å². The molecule has 0 aromatic heterocycles. The van der Waals surface area contributed by atoms with Crippen LogP contribution in [0.1, 0.15) is 11.7 Å². The summed E-state index contributed by atoms with van der Waals surface area (Å²) in [5, 5.41) is 12.6. The highest BCUT2D eigenvalue weighted by atomic mass is 16.5. The van der Waals surface area contributed by atoms with E-state index >= 15 is 0 Å². The Morgan fingerprint density at radius 3 is 2.60 bits per heavy atom. The fourth-order valence-corrected chi connectivity index (χ4v) is 1.79. The van der Waals surface area contributed by atoms with Gasteiger partial charge in [0.15, 0.2) is 6.10 Å². The summed E-state index contributed by atoms with van der Waals surface area (Å²) >= 11 is 0. The molecule has 0 radical (unpaired) electrons. The van der Waals surface area contributed by atoms with E-state index in [4.69, 9.17) is 10.5 Å². The Hall–Kier alpha value is -2.53. The van der Waals surface area contributed by atoms with E-state index in [1.165, 1.54) is 7.11 Å². The fraction of sp³-hybridized carbons (Fsp3) is 0.133. The topological polar surface area (TPSA) is 84.6 Å². The number of ether oxygens (including phenoxy) is 1. The summed E-state index contributed by atoms with van der Waals surface area (Å²) in [7, 11) is 1.50. The Morgan fingerprint density at radius 1 is 1.25 bits per heavy atom. The number of amides is 1. The van der Waals surface area contributed by atoms with E-state index in [0.29, 0.717) is 22.7 Å². The molecule has 104 valence electrons. The van der Waals surface area contributed by atoms with Gasteiger partial charge in [0.25, 0.3) is 5.91 Å². The van der Waals surface area contributed by atoms with Crippen LogP contribution in [0.3, 0.4) is 0 Å². The zero-order valence-corrected chi connectivity index (χ0v) is 11.0. The molecule has 0 aliphatic carbocycles. The molecule has 4 N–H and O–H groups in total. The highest BCUT2D eigenvalue weighted by Crippen LogP contribution is 2.25. The third-order valence-electron chi connectivity index (χ3n) is 2.86. The first kappa shape index (κ1) is 13.9. The van der Waals surface area contributed by atoms with Crippen LogP contribution in [0.4, 0.5) is 11.4 Å². The molecule has 5 nitrogen and oxygen atoms in total. The van der Waals surface area contributed by atoms with Gasteiger partial charge in [0, 0.05) is 11.8 Å². The van der Waals surface area contributed by atoms with Gasteiger partial charge >= 0.3 is 0 Å². The fourth-order valence-electron chi connectivity index (χ4n) is 1.79. The maximum atomic E-state index is 12.0. The van der Waals surface area contributed by atoms with Crippen molar-refractivity contribution in [2.45, 2.75) is 6.10 Å². The van der Waals surface area contributed by atoms with Crippen LogP contribution in [-0.2, 0) is 4.79 Å². The van der Waals surface area contributed by atoms with Crippen LogP contribution < -0.4 is 15.8 Å². The largest absolute Gasteiger partial charge is 0.495 e. The van der Waals surface area contributed by atoms with Gasteiger partial charge in [0.1, 0.15) is 5.75 Å². The molecule has 2 aromatic carbocycles. The van der Waals surface area contributed by atoms with E-state index in [9.17, 15) is 9.90 Å². The number of nitrogens with one attached hydrogen (secondary N) is 1. The maximum Gasteiger partial charge on any atom is 0.257 e. The molecule has 2 aromatic rings. The second-order valence-electron chi connectivity index (χ2n) is 4.26. The summed E-state index contributed by atoms with van der Waals surface area (Å²) in [5.74, 6) is -0.0416. The minimum atomic E-state index is -1.22. The minimum Gasteiger partial charge on any atom is -0.495 e. The van der Waals surface area contributed by atoms with Crippen LogP contribution in [0.15, 0.2) is 48.5 Å². The number of anilines is 2. The molecule has 0 saturated heterocycles. The van der Waals surface area contributed by atoms with E-state index in [1.807, 2.05) is 6.07 Å². The van der Waals surface area contributed by atoms with Gasteiger partial charge < -0.3 is 20.9 Å². The van der Waals surface area contributed by atoms with Crippen molar-refractivity contribution in [3.8, 4) is 5.75 Å². The van der Waals surface area contributed by atoms with Crippen molar-refractivity contribution in [3.63, 3.8) is 0 Å². The van der Waals surface area contributed by atoms with Crippen LogP contribution in [-0.4, -0.2) is 18.1 Å². The predicted octanol–water partition coefficient (Wildman–Crippen LogP) is 1.95. The Labute approximate surface area is 117 Å². The number of methoxy groups -OCH3 is 1. The summed E-state index contributed by atoms with van der Waals surface area (Å²) < 4.78 is 5.07. The van der Waals surface area contributed by atoms with Gasteiger partial charge in [-0.25, -0.2) is 0 Å². The van der Waals surface area contributed by atoms with Crippen molar-refractivity contribution >= 4 is 17.3 Å². The van der Waals surface area contributed by atoms with Crippen molar-refractivity contribution in [2.75, 3.05) is 18.2 Å². The number of carbonyl (C=O) groups excluding carboxylic acids is 1. The monoisotopic (exact) mass is 272 g/mol. The smallest absolute Gasteiger partial charge is 0.257 e. The lowest BCUT2D eigenvalue weighted by Gasteiger charge is -2.13. The third kappa shape index (κ3) is 3.07. The van der Waals surface area contributed by atoms with Crippen LogP contribution in [0.25, 0.3) is 0 Å². The van der Waals surface area contributed by atoms with Gasteiger partial charge in [-0.3, -0.25) is 4.79 Å². The molecular formula is C15H16N2O3. The van der Waals surface area contributed by atoms with E-state index in [0.717, 1.165) is 0 Å². The van der Waals surface area contributed by atoms with Gasteiger partial charge in [0.05, 0.1) is 12.8 Å². The normalized spacial score (nSPS) is 11.7. The molecule has 1 atom stereocenters. The first-order chi connectivity index (χ1) is 9.61. The third-order valence-corrected chi connectivity index (χ3v) is 2.86. The number of hydrogen-bond acceptors (Lipinski definition) is 4. The highest BCUT2D eigenvalue weighted by molar-refractivity contribution is 5.95. The molecule has 20 heavy (non-hydrogen) atoms. The molecule has 5 heteroatoms. The van der Waals surface area contributed by atoms with Gasteiger partial charge in [-0.15, -0.1) is 0 Å². The van der Waals surface area contributed by atoms with Crippen LogP contribution >= 0.6 is 0 Å². The average molecular weight is 272 g/mol. The first-order valence-electron chi connectivity index (χ1n) is 6.09. The van der Waals surface area contributed by atoms with Gasteiger partial charge in [-0.2, -0.15) is 0 Å². The summed E-state index contributed by atoms with van der Waals surface area (Å²) in [6, 6.07) is 13.6. The van der Waals surface area contributed by atoms with Crippen LogP contribution in [0.5, 0.6) is 5.75 Å². The number of carbonyl (C=O) groups is 1. The summed E-state index contributed by atoms with van der Waals surface area (Å²) in [5.41, 5.74) is 7.22. The summed E-state index contributed by atoms with van der Waals surface area (Å²) in [6.07, 6.45) is -1.22. The number of benzene rings is 2. The van der Waals surface area contributed by atoms with Crippen molar-refractivity contribution in [1.29, 1.82) is 0 Å². The summed E-state index contributed by atoms with van der Waals surface area (Å²) in [6.45, 7) is 0. The summed E-state index contributed by atoms with van der Waals surface area (Å²) in [4.78, 5) is 12.0. The molecule has 0 spiro atoms. The first-order valence-corrected chi connectivity index (χ1v) is 6.09. The molecule has 0 bridgehead atoms. The molecular weight excluding hydrogens is 256 g/mol. The lowest BCUT2D eigenvalue weighted by Crippen LogP contribution is -2.20. The second kappa shape index (κ2) is 6.08. The van der Waals surface area contributed by atoms with Crippen molar-refractivity contribution in [3.05, 3.63) is 54.1 Å². The molecule has 1 amide bonds. The van der Waals surface area contributed by atoms with E-state index < -0.39 is 12.0 Å². The Morgan fingerprint density at radius 2 is 1.95 bits per heavy atom. The average Bonchev–Trinajstić information content (AvgIpc) is 2.49. The number of rotatable bonds is 4. The van der Waals surface area contributed by atoms with Gasteiger partial charge in [0.2, 0.25) is 0 Å². The standard InChI is InChI=1S/C15H16N2O3/c1-20-13-9-11(7-8-12(13)16)17-15(19)14(18)10-5-3-2-4-6-10/h2-9,14,18H,16H2,1H3,(H,17,19). The number of aliphatic hydroxyl groups excluding tert-OH is 1. The molecule has 0 fully saturated rings. The quantitative estimate of drug-likeness (QED) is 0.743. The molecule has 0 aliphatic heterocycles. The molecule has 0 saturated carbocycles. The zero-order chi connectivity index (χ0) is 14.5. The highest BCUT2D eigenvalue weighted by Gasteiger charge is 2.17. The Bertz CT molecular complexity index is 599. The van der Waals surface area contributed by atoms with Gasteiger partial charge in [-0.05, 0) is 17.7 Å². The van der Waals surface area contributed by atoms with Crippen LogP contribution in [0, 0.1) is 0 Å². The molecule has 1 unspecified atom stereocenters. The number of nitrogens with two attached hydrogens (primary N) is 1. The minimum absolute atomic E-state index is 0.469. The van der Waals surface area contributed by atoms with Crippen molar-refractivity contribution in [1.82, 2.24) is 0 Å². The number of aliphatic hydroxyl groups is 1. The number of hydrogen-bond donors (Lipinski definition) is 3. The Balaban J connectivity index is 2.12. The van der Waals surface area contributed by atoms with Crippen LogP contribution in [0.2, 0.25) is 0 Å². The van der Waals surface area contributed by atoms with E-state index in [2.05, 4.69) is 5.32 Å². The van der Waals surface area contributed by atoms with E-state index in [1.54, 1.807) is 42.5 Å². The maximum absolute atomic E-state index is 12.0. The number of nitrogen functional groups attached to an aromatic ring is 1. The second-order valence-corrected chi connectivity index (χ2v) is 4.26. The molecule has 0 heterocycles. The van der Waals surface area contributed by atoms with E-state index in [-0.39, 0.29) is 0 Å². The molecule has 2 rings (SSSR count). The van der Waals surface area contributed by atoms with Crippen molar-refractivity contribution in [2.24, 2.45) is 0 Å².